The van der Waals surface area contributed by atoms with Gasteiger partial charge < -0.3 is 26.6 Å². The number of aromatic amines is 1. The van der Waals surface area contributed by atoms with Crippen molar-refractivity contribution in [2.45, 2.75) is 25.4 Å². The molecule has 7 N–H and O–H groups in total. The molecular weight excluding hydrogens is 426 g/mol. The molecule has 0 saturated carbocycles. The zero-order chi connectivity index (χ0) is 23.3. The number of aliphatic carboxylic acids is 2. The molecule has 1 amide bonds. The summed E-state index contributed by atoms with van der Waals surface area (Å²) in [5.74, 6) is -3.77. The third-order valence-corrected chi connectivity index (χ3v) is 4.06. The Kier molecular flexibility index (Phi) is 6.47. The Morgan fingerprint density at radius 2 is 1.81 bits per heavy atom. The van der Waals surface area contributed by atoms with Gasteiger partial charge in [0.25, 0.3) is 11.5 Å². The fraction of sp³-hybridized carbons (Fsp3) is 0.235. The van der Waals surface area contributed by atoms with Crippen LogP contribution in [0.15, 0.2) is 23.4 Å². The van der Waals surface area contributed by atoms with E-state index in [2.05, 4.69) is 40.5 Å². The minimum atomic E-state index is -1.39. The van der Waals surface area contributed by atoms with Gasteiger partial charge in [-0.05, 0) is 6.42 Å². The first kappa shape index (κ1) is 22.0. The minimum Gasteiger partial charge on any atom is -0.481 e. The van der Waals surface area contributed by atoms with Crippen LogP contribution in [-0.2, 0) is 16.1 Å². The summed E-state index contributed by atoms with van der Waals surface area (Å²) in [5.41, 5.74) is 5.89. The molecule has 0 aliphatic rings. The van der Waals surface area contributed by atoms with Gasteiger partial charge in [-0.15, -0.1) is 0 Å². The summed E-state index contributed by atoms with van der Waals surface area (Å²) in [7, 11) is 0. The van der Waals surface area contributed by atoms with E-state index in [1.165, 1.54) is 18.6 Å². The first-order valence-electron chi connectivity index (χ1n) is 9.05. The molecule has 15 nitrogen and oxygen atoms in total. The van der Waals surface area contributed by atoms with E-state index < -0.39 is 35.9 Å². The first-order valence-corrected chi connectivity index (χ1v) is 9.05. The fourth-order valence-corrected chi connectivity index (χ4v) is 2.53. The number of carboxylic acids is 2. The van der Waals surface area contributed by atoms with Crippen LogP contribution in [-0.4, -0.2) is 64.0 Å². The molecule has 0 aliphatic carbocycles. The number of nitrogen functional groups attached to an aromatic ring is 1. The number of carbonyl (C=O) groups excluding carboxylic acids is 1. The first-order chi connectivity index (χ1) is 15.2. The number of amides is 1. The lowest BCUT2D eigenvalue weighted by atomic mass is 10.1. The Hall–Kier alpha value is -4.69. The van der Waals surface area contributed by atoms with Crippen LogP contribution in [0.1, 0.15) is 29.2 Å². The van der Waals surface area contributed by atoms with E-state index in [-0.39, 0.29) is 35.9 Å². The lowest BCUT2D eigenvalue weighted by molar-refractivity contribution is -0.140. The quantitative estimate of drug-likeness (QED) is 0.227. The van der Waals surface area contributed by atoms with Crippen molar-refractivity contribution in [3.63, 3.8) is 0 Å². The molecule has 15 heteroatoms. The van der Waals surface area contributed by atoms with E-state index in [0.29, 0.717) is 11.4 Å². The second-order valence-electron chi connectivity index (χ2n) is 6.43. The summed E-state index contributed by atoms with van der Waals surface area (Å²) in [6, 6.07) is -1.39. The molecule has 0 spiro atoms. The smallest absolute Gasteiger partial charge is 0.326 e. The van der Waals surface area contributed by atoms with E-state index in [4.69, 9.17) is 15.9 Å². The summed E-state index contributed by atoms with van der Waals surface area (Å²) >= 11 is 0. The van der Waals surface area contributed by atoms with Crippen molar-refractivity contribution < 1.29 is 24.6 Å². The molecule has 1 atom stereocenters. The van der Waals surface area contributed by atoms with E-state index in [9.17, 15) is 19.2 Å². The van der Waals surface area contributed by atoms with Gasteiger partial charge in [0.2, 0.25) is 11.8 Å². The Labute approximate surface area is 178 Å². The van der Waals surface area contributed by atoms with E-state index >= 15 is 0 Å². The molecule has 0 fully saturated rings. The average molecular weight is 443 g/mol. The predicted octanol–water partition coefficient (Wildman–Crippen LogP) is -1.25. The monoisotopic (exact) mass is 443 g/mol. The molecule has 3 heterocycles. The number of fused-ring (bicyclic) bond motifs is 1. The van der Waals surface area contributed by atoms with Gasteiger partial charge in [-0.2, -0.15) is 4.98 Å². The summed E-state index contributed by atoms with van der Waals surface area (Å²) < 4.78 is 0. The van der Waals surface area contributed by atoms with Crippen molar-refractivity contribution in [2.75, 3.05) is 11.1 Å². The van der Waals surface area contributed by atoms with Crippen LogP contribution in [0.4, 0.5) is 11.6 Å². The third-order valence-electron chi connectivity index (χ3n) is 4.06. The van der Waals surface area contributed by atoms with Crippen LogP contribution < -0.4 is 21.9 Å². The number of nitrogens with two attached hydrogens (primary N) is 1. The SMILES string of the molecule is Nc1nc2ncc(CNc3cnc(C(=O)NC(CCC(=O)O)C(=O)O)nc3)nc2c(=O)[nH]1. The second kappa shape index (κ2) is 9.41. The molecule has 32 heavy (non-hydrogen) atoms. The maximum atomic E-state index is 12.1. The highest BCUT2D eigenvalue weighted by atomic mass is 16.4. The largest absolute Gasteiger partial charge is 0.481 e. The van der Waals surface area contributed by atoms with Crippen LogP contribution in [0.2, 0.25) is 0 Å². The number of anilines is 2. The number of H-pyrrole nitrogens is 1. The number of carbonyl (C=O) groups is 3. The molecule has 0 aliphatic heterocycles. The normalized spacial score (nSPS) is 11.6. The fourth-order valence-electron chi connectivity index (χ4n) is 2.53. The molecule has 3 rings (SSSR count). The van der Waals surface area contributed by atoms with Crippen molar-refractivity contribution in [1.29, 1.82) is 0 Å². The maximum absolute atomic E-state index is 12.1. The summed E-state index contributed by atoms with van der Waals surface area (Å²) in [4.78, 5) is 68.0. The average Bonchev–Trinajstić information content (AvgIpc) is 2.75. The second-order valence-corrected chi connectivity index (χ2v) is 6.43. The molecule has 0 bridgehead atoms. The number of nitrogens with one attached hydrogen (secondary N) is 3. The highest BCUT2D eigenvalue weighted by Gasteiger charge is 2.22. The van der Waals surface area contributed by atoms with Crippen LogP contribution in [0.25, 0.3) is 11.2 Å². The van der Waals surface area contributed by atoms with Gasteiger partial charge in [-0.1, -0.05) is 0 Å². The van der Waals surface area contributed by atoms with Gasteiger partial charge in [-0.3, -0.25) is 19.4 Å². The van der Waals surface area contributed by atoms with E-state index in [0.717, 1.165) is 0 Å². The molecule has 0 aromatic carbocycles. The van der Waals surface area contributed by atoms with Crippen molar-refractivity contribution in [3.05, 3.63) is 40.5 Å². The molecule has 166 valence electrons. The molecule has 3 aromatic heterocycles. The Morgan fingerprint density at radius 1 is 1.09 bits per heavy atom. The van der Waals surface area contributed by atoms with Crippen LogP contribution in [0, 0.1) is 0 Å². The van der Waals surface area contributed by atoms with Gasteiger partial charge in [0.1, 0.15) is 6.04 Å². The Morgan fingerprint density at radius 3 is 2.47 bits per heavy atom. The number of hydrogen-bond acceptors (Lipinski definition) is 11. The zero-order valence-electron chi connectivity index (χ0n) is 16.3. The summed E-state index contributed by atoms with van der Waals surface area (Å²) in [5, 5.41) is 22.9. The predicted molar refractivity (Wildman–Crippen MR) is 107 cm³/mol. The standard InChI is InChI=1S/C17H17N9O6/c18-17-25-12-11(14(29)26-17)23-8(6-20-12)5-19-7-3-21-13(22-4-7)15(30)24-9(16(31)32)1-2-10(27)28/h3-4,6,9,19H,1-2,5H2,(H,24,30)(H,27,28)(H,31,32)(H3,18,20,25,26,29). The number of nitrogens with zero attached hydrogens (tertiary/aromatic N) is 5. The molecule has 0 radical (unpaired) electrons. The van der Waals surface area contributed by atoms with Gasteiger partial charge in [0, 0.05) is 6.42 Å². The third kappa shape index (κ3) is 5.47. The molecule has 3 aromatic rings. The number of rotatable bonds is 9. The lowest BCUT2D eigenvalue weighted by Crippen LogP contribution is -2.41. The van der Waals surface area contributed by atoms with Crippen LogP contribution in [0.3, 0.4) is 0 Å². The van der Waals surface area contributed by atoms with Gasteiger partial charge in [0.05, 0.1) is 36.5 Å². The van der Waals surface area contributed by atoms with Crippen molar-refractivity contribution in [3.8, 4) is 0 Å². The maximum Gasteiger partial charge on any atom is 0.326 e. The number of carboxylic acid groups (broad SMARTS) is 2. The van der Waals surface area contributed by atoms with Gasteiger partial charge in [-0.25, -0.2) is 24.7 Å². The van der Waals surface area contributed by atoms with Crippen LogP contribution >= 0.6 is 0 Å². The molecule has 1 unspecified atom stereocenters. The highest BCUT2D eigenvalue weighted by Crippen LogP contribution is 2.08. The van der Waals surface area contributed by atoms with Crippen molar-refractivity contribution in [2.24, 2.45) is 0 Å². The molecular formula is C17H17N9O6. The number of aromatic nitrogens is 6. The lowest BCUT2D eigenvalue weighted by Gasteiger charge is -2.13. The minimum absolute atomic E-state index is 0.0256. The summed E-state index contributed by atoms with van der Waals surface area (Å²) in [6.07, 6.45) is 3.28. The Bertz CT molecular complexity index is 1230. The van der Waals surface area contributed by atoms with Crippen molar-refractivity contribution >= 4 is 40.6 Å². The summed E-state index contributed by atoms with van der Waals surface area (Å²) in [6.45, 7) is 0.151. The molecule has 0 saturated heterocycles. The van der Waals surface area contributed by atoms with E-state index in [1.807, 2.05) is 0 Å². The number of hydrogen-bond donors (Lipinski definition) is 6. The Balaban J connectivity index is 1.62. The zero-order valence-corrected chi connectivity index (χ0v) is 16.3. The van der Waals surface area contributed by atoms with E-state index in [1.54, 1.807) is 0 Å². The highest BCUT2D eigenvalue weighted by molar-refractivity contribution is 5.93. The van der Waals surface area contributed by atoms with Gasteiger partial charge >= 0.3 is 11.9 Å². The topological polar surface area (TPSA) is 239 Å². The van der Waals surface area contributed by atoms with Crippen LogP contribution in [0.5, 0.6) is 0 Å². The van der Waals surface area contributed by atoms with Crippen molar-refractivity contribution in [1.82, 2.24) is 35.2 Å². The van der Waals surface area contributed by atoms with Gasteiger partial charge in [0.15, 0.2) is 11.2 Å².